The fourth-order valence-corrected chi connectivity index (χ4v) is 1.62. The summed E-state index contributed by atoms with van der Waals surface area (Å²) in [7, 11) is 1.88. The molecule has 0 bridgehead atoms. The van der Waals surface area contributed by atoms with Crippen molar-refractivity contribution in [3.8, 4) is 0 Å². The number of hydrogen-bond donors (Lipinski definition) is 1. The van der Waals surface area contributed by atoms with Gasteiger partial charge in [0.1, 0.15) is 6.73 Å². The molecule has 72 valence electrons. The van der Waals surface area contributed by atoms with Crippen LogP contribution in [0.1, 0.15) is 0 Å². The molecule has 0 radical (unpaired) electrons. The summed E-state index contributed by atoms with van der Waals surface area (Å²) >= 11 is 0. The third-order valence-corrected chi connectivity index (χ3v) is 2.39. The maximum Gasteiger partial charge on any atom is 0.115 e. The van der Waals surface area contributed by atoms with E-state index in [0.717, 1.165) is 5.69 Å². The maximum atomic E-state index is 9.07. The second kappa shape index (κ2) is 3.68. The van der Waals surface area contributed by atoms with Gasteiger partial charge in [0.05, 0.1) is 0 Å². The number of aliphatic hydroxyl groups is 1. The van der Waals surface area contributed by atoms with Crippen LogP contribution in [0.2, 0.25) is 0 Å². The molecule has 2 heteroatoms. The first-order valence-corrected chi connectivity index (χ1v) is 4.62. The molecule has 2 aromatic rings. The summed E-state index contributed by atoms with van der Waals surface area (Å²) in [6, 6.07) is 14.3. The van der Waals surface area contributed by atoms with E-state index in [2.05, 4.69) is 18.2 Å². The van der Waals surface area contributed by atoms with Gasteiger partial charge in [0, 0.05) is 18.1 Å². The van der Waals surface area contributed by atoms with Crippen molar-refractivity contribution in [3.63, 3.8) is 0 Å². The molecule has 0 amide bonds. The lowest BCUT2D eigenvalue weighted by atomic mass is 10.1. The lowest BCUT2D eigenvalue weighted by molar-refractivity contribution is 0.299. The molecule has 0 spiro atoms. The Hall–Kier alpha value is -1.54. The van der Waals surface area contributed by atoms with E-state index in [4.69, 9.17) is 5.11 Å². The number of rotatable bonds is 2. The van der Waals surface area contributed by atoms with Gasteiger partial charge in [-0.3, -0.25) is 0 Å². The highest BCUT2D eigenvalue weighted by atomic mass is 16.3. The topological polar surface area (TPSA) is 23.5 Å². The fraction of sp³-hybridized carbons (Fsp3) is 0.167. The first kappa shape index (κ1) is 9.03. The third-order valence-electron chi connectivity index (χ3n) is 2.39. The van der Waals surface area contributed by atoms with E-state index in [9.17, 15) is 0 Å². The summed E-state index contributed by atoms with van der Waals surface area (Å²) in [5.41, 5.74) is 1.06. The Morgan fingerprint density at radius 3 is 2.57 bits per heavy atom. The molecule has 1 N–H and O–H groups in total. The number of nitrogens with zero attached hydrogens (tertiary/aromatic N) is 1. The normalized spacial score (nSPS) is 10.4. The Morgan fingerprint density at radius 2 is 1.79 bits per heavy atom. The lowest BCUT2D eigenvalue weighted by Gasteiger charge is -2.17. The first-order valence-electron chi connectivity index (χ1n) is 4.62. The zero-order valence-electron chi connectivity index (χ0n) is 8.14. The fourth-order valence-electron chi connectivity index (χ4n) is 1.62. The molecule has 0 fully saturated rings. The second-order valence-electron chi connectivity index (χ2n) is 3.34. The summed E-state index contributed by atoms with van der Waals surface area (Å²) in [5, 5.41) is 11.4. The van der Waals surface area contributed by atoms with Gasteiger partial charge in [0.15, 0.2) is 0 Å². The van der Waals surface area contributed by atoms with Crippen LogP contribution in [0.15, 0.2) is 42.5 Å². The SMILES string of the molecule is CN(CO)c1cccc2ccccc12. The van der Waals surface area contributed by atoms with Gasteiger partial charge in [-0.1, -0.05) is 36.4 Å². The molecule has 0 aliphatic heterocycles. The summed E-state index contributed by atoms with van der Waals surface area (Å²) < 4.78 is 0. The zero-order chi connectivity index (χ0) is 9.97. The molecular weight excluding hydrogens is 174 g/mol. The van der Waals surface area contributed by atoms with Crippen LogP contribution in [0.25, 0.3) is 10.8 Å². The van der Waals surface area contributed by atoms with Gasteiger partial charge < -0.3 is 10.0 Å². The molecule has 0 unspecified atom stereocenters. The molecular formula is C12H13NO. The van der Waals surface area contributed by atoms with E-state index in [0.29, 0.717) is 0 Å². The number of hydrogen-bond acceptors (Lipinski definition) is 2. The van der Waals surface area contributed by atoms with Crippen molar-refractivity contribution in [3.05, 3.63) is 42.5 Å². The van der Waals surface area contributed by atoms with Crippen molar-refractivity contribution >= 4 is 16.5 Å². The molecule has 2 rings (SSSR count). The van der Waals surface area contributed by atoms with Gasteiger partial charge in [0.2, 0.25) is 0 Å². The second-order valence-corrected chi connectivity index (χ2v) is 3.34. The van der Waals surface area contributed by atoms with Crippen molar-refractivity contribution in [2.24, 2.45) is 0 Å². The molecule has 0 aromatic heterocycles. The van der Waals surface area contributed by atoms with Crippen LogP contribution in [-0.2, 0) is 0 Å². The van der Waals surface area contributed by atoms with Crippen LogP contribution in [0, 0.1) is 0 Å². The Balaban J connectivity index is 2.65. The quantitative estimate of drug-likeness (QED) is 0.729. The van der Waals surface area contributed by atoms with Crippen molar-refractivity contribution in [2.45, 2.75) is 0 Å². The molecule has 0 heterocycles. The molecule has 0 aliphatic rings. The average Bonchev–Trinajstić information content (AvgIpc) is 2.27. The number of fused-ring (bicyclic) bond motifs is 1. The van der Waals surface area contributed by atoms with Gasteiger partial charge in [-0.15, -0.1) is 0 Å². The summed E-state index contributed by atoms with van der Waals surface area (Å²) in [5.74, 6) is 0. The number of benzene rings is 2. The number of anilines is 1. The third kappa shape index (κ3) is 1.44. The predicted molar refractivity (Wildman–Crippen MR) is 59.4 cm³/mol. The highest BCUT2D eigenvalue weighted by Gasteiger charge is 2.02. The highest BCUT2D eigenvalue weighted by Crippen LogP contribution is 2.25. The largest absolute Gasteiger partial charge is 0.376 e. The smallest absolute Gasteiger partial charge is 0.115 e. The zero-order valence-corrected chi connectivity index (χ0v) is 8.14. The van der Waals surface area contributed by atoms with Gasteiger partial charge in [-0.25, -0.2) is 0 Å². The van der Waals surface area contributed by atoms with E-state index in [1.807, 2.05) is 36.2 Å². The van der Waals surface area contributed by atoms with Crippen LogP contribution >= 0.6 is 0 Å². The molecule has 2 aromatic carbocycles. The van der Waals surface area contributed by atoms with Gasteiger partial charge in [-0.05, 0) is 11.5 Å². The Kier molecular flexibility index (Phi) is 2.37. The van der Waals surface area contributed by atoms with Crippen LogP contribution in [0.3, 0.4) is 0 Å². The maximum absolute atomic E-state index is 9.07. The van der Waals surface area contributed by atoms with Crippen molar-refractivity contribution in [1.29, 1.82) is 0 Å². The van der Waals surface area contributed by atoms with Gasteiger partial charge in [-0.2, -0.15) is 0 Å². The van der Waals surface area contributed by atoms with Gasteiger partial charge in [0.25, 0.3) is 0 Å². The van der Waals surface area contributed by atoms with E-state index in [-0.39, 0.29) is 6.73 Å². The van der Waals surface area contributed by atoms with E-state index >= 15 is 0 Å². The van der Waals surface area contributed by atoms with E-state index in [1.54, 1.807) is 0 Å². The number of aliphatic hydroxyl groups excluding tert-OH is 1. The Morgan fingerprint density at radius 1 is 1.07 bits per heavy atom. The van der Waals surface area contributed by atoms with E-state index < -0.39 is 0 Å². The first-order chi connectivity index (χ1) is 6.83. The molecule has 14 heavy (non-hydrogen) atoms. The highest BCUT2D eigenvalue weighted by molar-refractivity contribution is 5.94. The average molecular weight is 187 g/mol. The molecule has 0 saturated heterocycles. The van der Waals surface area contributed by atoms with Crippen LogP contribution < -0.4 is 4.90 Å². The Bertz CT molecular complexity index is 434. The van der Waals surface area contributed by atoms with Crippen LogP contribution in [0.4, 0.5) is 5.69 Å². The van der Waals surface area contributed by atoms with Gasteiger partial charge >= 0.3 is 0 Å². The minimum Gasteiger partial charge on any atom is -0.376 e. The van der Waals surface area contributed by atoms with Crippen LogP contribution in [0.5, 0.6) is 0 Å². The van der Waals surface area contributed by atoms with E-state index in [1.165, 1.54) is 10.8 Å². The molecule has 2 nitrogen and oxygen atoms in total. The summed E-state index contributed by atoms with van der Waals surface area (Å²) in [4.78, 5) is 1.82. The monoisotopic (exact) mass is 187 g/mol. The summed E-state index contributed by atoms with van der Waals surface area (Å²) in [6.07, 6.45) is 0. The van der Waals surface area contributed by atoms with Crippen molar-refractivity contribution < 1.29 is 5.11 Å². The lowest BCUT2D eigenvalue weighted by Crippen LogP contribution is -2.17. The van der Waals surface area contributed by atoms with Crippen LogP contribution in [-0.4, -0.2) is 18.9 Å². The van der Waals surface area contributed by atoms with Crippen molar-refractivity contribution in [2.75, 3.05) is 18.7 Å². The van der Waals surface area contributed by atoms with Crippen molar-refractivity contribution in [1.82, 2.24) is 0 Å². The molecule has 0 aliphatic carbocycles. The molecule has 0 atom stereocenters. The predicted octanol–water partition coefficient (Wildman–Crippen LogP) is 2.23. The standard InChI is InChI=1S/C12H13NO/c1-13(9-14)12-8-4-6-10-5-2-3-7-11(10)12/h2-8,14H,9H2,1H3. The Labute approximate surface area is 83.4 Å². The minimum atomic E-state index is 0.0357. The summed E-state index contributed by atoms with van der Waals surface area (Å²) in [6.45, 7) is 0.0357. The molecule has 0 saturated carbocycles. The minimum absolute atomic E-state index is 0.0357.